The fourth-order valence-corrected chi connectivity index (χ4v) is 4.89. The largest absolute Gasteiger partial charge is 0.384 e. The summed E-state index contributed by atoms with van der Waals surface area (Å²) in [6.45, 7) is 5.44. The van der Waals surface area contributed by atoms with Crippen molar-refractivity contribution in [3.05, 3.63) is 105 Å². The van der Waals surface area contributed by atoms with Gasteiger partial charge in [-0.2, -0.15) is 5.26 Å². The number of hydrogen-bond acceptors (Lipinski definition) is 4. The third kappa shape index (κ3) is 4.36. The molecular weight excluding hydrogens is 432 g/mol. The van der Waals surface area contributed by atoms with Crippen molar-refractivity contribution in [2.24, 2.45) is 0 Å². The number of anilines is 1. The summed E-state index contributed by atoms with van der Waals surface area (Å²) in [6, 6.07) is 24.2. The molecule has 0 saturated carbocycles. The molecule has 0 atom stereocenters. The van der Waals surface area contributed by atoms with Crippen LogP contribution in [0, 0.1) is 18.3 Å². The molecule has 174 valence electrons. The van der Waals surface area contributed by atoms with Crippen molar-refractivity contribution in [3.8, 4) is 28.3 Å². The zero-order chi connectivity index (χ0) is 24.4. The quantitative estimate of drug-likeness (QED) is 0.399. The first-order chi connectivity index (χ1) is 17.1. The molecule has 0 unspecified atom stereocenters. The van der Waals surface area contributed by atoms with E-state index in [9.17, 15) is 10.1 Å². The normalized spacial score (nSPS) is 12.1. The van der Waals surface area contributed by atoms with Crippen LogP contribution in [-0.2, 0) is 19.4 Å². The molecule has 5 rings (SSSR count). The summed E-state index contributed by atoms with van der Waals surface area (Å²) in [4.78, 5) is 18.7. The second kappa shape index (κ2) is 9.60. The van der Waals surface area contributed by atoms with E-state index in [1.54, 1.807) is 0 Å². The molecule has 1 aliphatic heterocycles. The fourth-order valence-electron chi connectivity index (χ4n) is 4.89. The van der Waals surface area contributed by atoms with Gasteiger partial charge in [0.15, 0.2) is 0 Å². The van der Waals surface area contributed by atoms with Gasteiger partial charge in [-0.1, -0.05) is 55.5 Å². The summed E-state index contributed by atoms with van der Waals surface area (Å²) in [5.41, 5.74) is 8.38. The van der Waals surface area contributed by atoms with E-state index in [1.165, 1.54) is 5.56 Å². The lowest BCUT2D eigenvalue weighted by atomic mass is 9.99. The lowest BCUT2D eigenvalue weighted by Crippen LogP contribution is -2.28. The SMILES string of the molecule is CCCc1nc(C)c(-c2ccc3c(c2)CCN3)c(=O)n1Cc1ccc(-c2ccccc2C#N)cc1. The van der Waals surface area contributed by atoms with E-state index in [-0.39, 0.29) is 5.56 Å². The highest BCUT2D eigenvalue weighted by Gasteiger charge is 2.18. The van der Waals surface area contributed by atoms with Crippen LogP contribution in [0.1, 0.15) is 41.6 Å². The zero-order valence-corrected chi connectivity index (χ0v) is 20.1. The maximum absolute atomic E-state index is 13.8. The van der Waals surface area contributed by atoms with Gasteiger partial charge in [0.1, 0.15) is 5.82 Å². The van der Waals surface area contributed by atoms with Gasteiger partial charge in [0.2, 0.25) is 0 Å². The zero-order valence-electron chi connectivity index (χ0n) is 20.1. The number of nitriles is 1. The first kappa shape index (κ1) is 22.6. The van der Waals surface area contributed by atoms with Gasteiger partial charge in [-0.3, -0.25) is 9.36 Å². The van der Waals surface area contributed by atoms with Crippen molar-refractivity contribution in [1.29, 1.82) is 5.26 Å². The number of nitrogens with one attached hydrogen (secondary N) is 1. The molecule has 1 aromatic heterocycles. The molecule has 0 bridgehead atoms. The van der Waals surface area contributed by atoms with Crippen LogP contribution in [0.2, 0.25) is 0 Å². The maximum atomic E-state index is 13.8. The van der Waals surface area contributed by atoms with Crippen molar-refractivity contribution in [2.45, 2.75) is 39.7 Å². The topological polar surface area (TPSA) is 70.7 Å². The summed E-state index contributed by atoms with van der Waals surface area (Å²) in [6.07, 6.45) is 2.64. The maximum Gasteiger partial charge on any atom is 0.261 e. The van der Waals surface area contributed by atoms with Crippen molar-refractivity contribution in [1.82, 2.24) is 9.55 Å². The minimum Gasteiger partial charge on any atom is -0.384 e. The summed E-state index contributed by atoms with van der Waals surface area (Å²) >= 11 is 0. The Labute approximate surface area is 205 Å². The van der Waals surface area contributed by atoms with E-state index in [4.69, 9.17) is 4.98 Å². The van der Waals surface area contributed by atoms with Crippen molar-refractivity contribution < 1.29 is 0 Å². The van der Waals surface area contributed by atoms with Gasteiger partial charge < -0.3 is 5.32 Å². The molecule has 3 aromatic carbocycles. The van der Waals surface area contributed by atoms with Crippen LogP contribution in [0.4, 0.5) is 5.69 Å². The van der Waals surface area contributed by atoms with Crippen molar-refractivity contribution >= 4 is 5.69 Å². The van der Waals surface area contributed by atoms with Gasteiger partial charge >= 0.3 is 0 Å². The monoisotopic (exact) mass is 460 g/mol. The summed E-state index contributed by atoms with van der Waals surface area (Å²) in [5.74, 6) is 0.820. The van der Waals surface area contributed by atoms with Crippen molar-refractivity contribution in [2.75, 3.05) is 11.9 Å². The third-order valence-corrected chi connectivity index (χ3v) is 6.66. The molecule has 5 nitrogen and oxygen atoms in total. The Balaban J connectivity index is 1.53. The molecule has 0 saturated heterocycles. The number of benzene rings is 3. The first-order valence-electron chi connectivity index (χ1n) is 12.1. The number of nitrogens with zero attached hydrogens (tertiary/aromatic N) is 3. The lowest BCUT2D eigenvalue weighted by molar-refractivity contribution is 0.651. The number of aromatic nitrogens is 2. The summed E-state index contributed by atoms with van der Waals surface area (Å²) < 4.78 is 1.83. The number of hydrogen-bond donors (Lipinski definition) is 1. The average Bonchev–Trinajstić information content (AvgIpc) is 3.35. The number of aryl methyl sites for hydroxylation is 2. The van der Waals surface area contributed by atoms with Crippen LogP contribution < -0.4 is 10.9 Å². The van der Waals surface area contributed by atoms with Gasteiger partial charge in [0, 0.05) is 18.7 Å². The minimum absolute atomic E-state index is 0.00533. The summed E-state index contributed by atoms with van der Waals surface area (Å²) in [5, 5.41) is 12.8. The highest BCUT2D eigenvalue weighted by Crippen LogP contribution is 2.29. The van der Waals surface area contributed by atoms with Gasteiger partial charge in [-0.05, 0) is 65.8 Å². The van der Waals surface area contributed by atoms with E-state index < -0.39 is 0 Å². The Kier molecular flexibility index (Phi) is 6.20. The van der Waals surface area contributed by atoms with Gasteiger partial charge in [0.25, 0.3) is 5.56 Å². The summed E-state index contributed by atoms with van der Waals surface area (Å²) in [7, 11) is 0. The molecule has 0 radical (unpaired) electrons. The standard InChI is InChI=1S/C30H28N4O/c1-3-6-28-33-20(2)29(24-13-14-27-23(17-24)15-16-32-27)30(35)34(28)19-21-9-11-22(12-10-21)26-8-5-4-7-25(26)18-31/h4-5,7-14,17,32H,3,6,15-16,19H2,1-2H3. The molecule has 0 fully saturated rings. The average molecular weight is 461 g/mol. The Morgan fingerprint density at radius 2 is 1.83 bits per heavy atom. The Morgan fingerprint density at radius 3 is 2.60 bits per heavy atom. The number of rotatable bonds is 6. The van der Waals surface area contributed by atoms with Crippen LogP contribution in [0.15, 0.2) is 71.5 Å². The third-order valence-electron chi connectivity index (χ3n) is 6.66. The van der Waals surface area contributed by atoms with E-state index in [1.807, 2.05) is 66.1 Å². The highest BCUT2D eigenvalue weighted by atomic mass is 16.1. The van der Waals surface area contributed by atoms with Gasteiger partial charge in [-0.25, -0.2) is 4.98 Å². The van der Waals surface area contributed by atoms with Crippen LogP contribution in [-0.4, -0.2) is 16.1 Å². The van der Waals surface area contributed by atoms with Gasteiger partial charge in [-0.15, -0.1) is 0 Å². The van der Waals surface area contributed by atoms with E-state index in [2.05, 4.69) is 30.4 Å². The molecule has 5 heteroatoms. The smallest absolute Gasteiger partial charge is 0.261 e. The lowest BCUT2D eigenvalue weighted by Gasteiger charge is -2.17. The molecule has 1 N–H and O–H groups in total. The Bertz CT molecular complexity index is 1490. The molecule has 0 aliphatic carbocycles. The second-order valence-electron chi connectivity index (χ2n) is 9.03. The predicted octanol–water partition coefficient (Wildman–Crippen LogP) is 5.73. The van der Waals surface area contributed by atoms with E-state index in [0.29, 0.717) is 17.7 Å². The highest BCUT2D eigenvalue weighted by molar-refractivity contribution is 5.72. The molecule has 4 aromatic rings. The van der Waals surface area contributed by atoms with E-state index >= 15 is 0 Å². The molecule has 2 heterocycles. The Morgan fingerprint density at radius 1 is 1.06 bits per heavy atom. The minimum atomic E-state index is 0.00533. The van der Waals surface area contributed by atoms with Gasteiger partial charge in [0.05, 0.1) is 29.4 Å². The predicted molar refractivity (Wildman–Crippen MR) is 141 cm³/mol. The molecule has 35 heavy (non-hydrogen) atoms. The Hall–Kier alpha value is -4.17. The van der Waals surface area contributed by atoms with Crippen LogP contribution in [0.5, 0.6) is 0 Å². The first-order valence-corrected chi connectivity index (χ1v) is 12.1. The van der Waals surface area contributed by atoms with Crippen molar-refractivity contribution in [3.63, 3.8) is 0 Å². The fraction of sp³-hybridized carbons (Fsp3) is 0.233. The van der Waals surface area contributed by atoms with Crippen LogP contribution in [0.25, 0.3) is 22.3 Å². The molecule has 0 spiro atoms. The molecule has 1 aliphatic rings. The molecular formula is C30H28N4O. The van der Waals surface area contributed by atoms with Crippen LogP contribution in [0.3, 0.4) is 0 Å². The molecule has 0 amide bonds. The van der Waals surface area contributed by atoms with Crippen LogP contribution >= 0.6 is 0 Å². The van der Waals surface area contributed by atoms with E-state index in [0.717, 1.165) is 65.3 Å². The number of fused-ring (bicyclic) bond motifs is 1. The second-order valence-corrected chi connectivity index (χ2v) is 9.03.